The average Bonchev–Trinajstić information content (AvgIpc) is 3.03. The highest BCUT2D eigenvalue weighted by molar-refractivity contribution is 5.97. The lowest BCUT2D eigenvalue weighted by atomic mass is 10.1. The Bertz CT molecular complexity index is 787. The summed E-state index contributed by atoms with van der Waals surface area (Å²) in [4.78, 5) is 26.2. The van der Waals surface area contributed by atoms with Crippen LogP contribution in [0.3, 0.4) is 0 Å². The first-order valence-electron chi connectivity index (χ1n) is 9.28. The molecule has 0 aliphatic carbocycles. The molecule has 1 aliphatic rings. The normalized spacial score (nSPS) is 16.3. The minimum absolute atomic E-state index is 0.00300. The number of amides is 3. The highest BCUT2D eigenvalue weighted by atomic mass is 16.5. The zero-order valence-corrected chi connectivity index (χ0v) is 15.7. The van der Waals surface area contributed by atoms with Crippen LogP contribution in [0.5, 0.6) is 5.75 Å². The Balaban J connectivity index is 1.55. The summed E-state index contributed by atoms with van der Waals surface area (Å²) in [6.07, 6.45) is 1.24. The summed E-state index contributed by atoms with van der Waals surface area (Å²) in [5.41, 5.74) is 2.76. The standard InChI is InChI=1S/C21H25N3O3/c1-3-15-5-7-16(8-6-15)22-21(26)23-17-13-20(25)24(14-17)18-9-11-19(12-10-18)27-4-2/h5-12,17H,3-4,13-14H2,1-2H3,(H2,22,23,26). The molecule has 1 fully saturated rings. The second kappa shape index (κ2) is 8.58. The Morgan fingerprint density at radius 1 is 1.11 bits per heavy atom. The Hall–Kier alpha value is -3.02. The third-order valence-corrected chi connectivity index (χ3v) is 4.54. The quantitative estimate of drug-likeness (QED) is 0.820. The number of hydrogen-bond donors (Lipinski definition) is 2. The summed E-state index contributed by atoms with van der Waals surface area (Å²) in [7, 11) is 0. The fourth-order valence-electron chi connectivity index (χ4n) is 3.12. The fourth-order valence-corrected chi connectivity index (χ4v) is 3.12. The molecule has 3 rings (SSSR count). The minimum atomic E-state index is -0.300. The summed E-state index contributed by atoms with van der Waals surface area (Å²) < 4.78 is 5.43. The van der Waals surface area contributed by atoms with Crippen LogP contribution in [-0.2, 0) is 11.2 Å². The van der Waals surface area contributed by atoms with E-state index in [2.05, 4.69) is 17.6 Å². The lowest BCUT2D eigenvalue weighted by Crippen LogP contribution is -2.39. The zero-order chi connectivity index (χ0) is 19.2. The Labute approximate surface area is 159 Å². The highest BCUT2D eigenvalue weighted by Crippen LogP contribution is 2.24. The number of hydrogen-bond acceptors (Lipinski definition) is 3. The van der Waals surface area contributed by atoms with Crippen LogP contribution in [0, 0.1) is 0 Å². The zero-order valence-electron chi connectivity index (χ0n) is 15.7. The van der Waals surface area contributed by atoms with Crippen LogP contribution in [0.1, 0.15) is 25.8 Å². The van der Waals surface area contributed by atoms with Crippen molar-refractivity contribution in [2.24, 2.45) is 0 Å². The van der Waals surface area contributed by atoms with E-state index in [0.29, 0.717) is 13.2 Å². The number of urea groups is 1. The Kier molecular flexibility index (Phi) is 5.96. The summed E-state index contributed by atoms with van der Waals surface area (Å²) in [6.45, 7) is 5.07. The topological polar surface area (TPSA) is 70.7 Å². The number of anilines is 2. The van der Waals surface area contributed by atoms with Crippen LogP contribution in [0.4, 0.5) is 16.2 Å². The molecular weight excluding hydrogens is 342 g/mol. The minimum Gasteiger partial charge on any atom is -0.494 e. The van der Waals surface area contributed by atoms with E-state index in [9.17, 15) is 9.59 Å². The molecule has 1 saturated heterocycles. The van der Waals surface area contributed by atoms with E-state index in [1.54, 1.807) is 4.90 Å². The average molecular weight is 367 g/mol. The van der Waals surface area contributed by atoms with Gasteiger partial charge in [-0.3, -0.25) is 4.79 Å². The molecular formula is C21H25N3O3. The molecule has 142 valence electrons. The van der Waals surface area contributed by atoms with Crippen molar-refractivity contribution in [3.8, 4) is 5.75 Å². The van der Waals surface area contributed by atoms with Crippen molar-refractivity contribution >= 4 is 23.3 Å². The predicted molar refractivity (Wildman–Crippen MR) is 106 cm³/mol. The monoisotopic (exact) mass is 367 g/mol. The van der Waals surface area contributed by atoms with Gasteiger partial charge in [-0.05, 0) is 55.3 Å². The van der Waals surface area contributed by atoms with Gasteiger partial charge in [0.25, 0.3) is 0 Å². The molecule has 1 heterocycles. The van der Waals surface area contributed by atoms with Gasteiger partial charge in [0.15, 0.2) is 0 Å². The van der Waals surface area contributed by atoms with Gasteiger partial charge in [0, 0.05) is 24.3 Å². The number of rotatable bonds is 6. The lowest BCUT2D eigenvalue weighted by Gasteiger charge is -2.18. The molecule has 2 aromatic rings. The molecule has 3 amide bonds. The molecule has 0 saturated carbocycles. The number of benzene rings is 2. The van der Waals surface area contributed by atoms with Gasteiger partial charge >= 0.3 is 6.03 Å². The molecule has 1 unspecified atom stereocenters. The molecule has 27 heavy (non-hydrogen) atoms. The molecule has 2 N–H and O–H groups in total. The lowest BCUT2D eigenvalue weighted by molar-refractivity contribution is -0.117. The van der Waals surface area contributed by atoms with Crippen molar-refractivity contribution in [1.82, 2.24) is 5.32 Å². The predicted octanol–water partition coefficient (Wildman–Crippen LogP) is 3.57. The van der Waals surface area contributed by atoms with Crippen molar-refractivity contribution in [1.29, 1.82) is 0 Å². The van der Waals surface area contributed by atoms with Crippen molar-refractivity contribution in [2.45, 2.75) is 32.7 Å². The molecule has 0 radical (unpaired) electrons. The smallest absolute Gasteiger partial charge is 0.319 e. The first kappa shape index (κ1) is 18.8. The number of nitrogens with zero attached hydrogens (tertiary/aromatic N) is 1. The van der Waals surface area contributed by atoms with Crippen LogP contribution in [0.2, 0.25) is 0 Å². The van der Waals surface area contributed by atoms with E-state index in [1.807, 2.05) is 55.5 Å². The van der Waals surface area contributed by atoms with Gasteiger partial charge in [0.05, 0.1) is 12.6 Å². The van der Waals surface area contributed by atoms with E-state index < -0.39 is 0 Å². The molecule has 1 aliphatic heterocycles. The van der Waals surface area contributed by atoms with Gasteiger partial charge < -0.3 is 20.3 Å². The van der Waals surface area contributed by atoms with Crippen molar-refractivity contribution < 1.29 is 14.3 Å². The number of carbonyl (C=O) groups is 2. The van der Waals surface area contributed by atoms with E-state index >= 15 is 0 Å². The maximum absolute atomic E-state index is 12.3. The number of aryl methyl sites for hydroxylation is 1. The van der Waals surface area contributed by atoms with Crippen LogP contribution in [0.25, 0.3) is 0 Å². The molecule has 2 aromatic carbocycles. The van der Waals surface area contributed by atoms with Gasteiger partial charge in [-0.1, -0.05) is 19.1 Å². The van der Waals surface area contributed by atoms with Gasteiger partial charge in [0.2, 0.25) is 5.91 Å². The Morgan fingerprint density at radius 3 is 2.44 bits per heavy atom. The van der Waals surface area contributed by atoms with Crippen LogP contribution >= 0.6 is 0 Å². The number of nitrogens with one attached hydrogen (secondary N) is 2. The second-order valence-corrected chi connectivity index (χ2v) is 6.48. The first-order chi connectivity index (χ1) is 13.1. The number of carbonyl (C=O) groups excluding carboxylic acids is 2. The first-order valence-corrected chi connectivity index (χ1v) is 9.28. The summed E-state index contributed by atoms with van der Waals surface area (Å²) in [5, 5.41) is 5.70. The highest BCUT2D eigenvalue weighted by Gasteiger charge is 2.31. The van der Waals surface area contributed by atoms with Crippen molar-refractivity contribution in [3.63, 3.8) is 0 Å². The van der Waals surface area contributed by atoms with Crippen molar-refractivity contribution in [3.05, 3.63) is 54.1 Å². The van der Waals surface area contributed by atoms with Gasteiger partial charge in [-0.2, -0.15) is 0 Å². The second-order valence-electron chi connectivity index (χ2n) is 6.48. The van der Waals surface area contributed by atoms with E-state index in [4.69, 9.17) is 4.74 Å². The molecule has 1 atom stereocenters. The van der Waals surface area contributed by atoms with Gasteiger partial charge in [-0.25, -0.2) is 4.79 Å². The van der Waals surface area contributed by atoms with Crippen LogP contribution in [-0.4, -0.2) is 31.1 Å². The van der Waals surface area contributed by atoms with E-state index in [0.717, 1.165) is 23.5 Å². The molecule has 6 heteroatoms. The summed E-state index contributed by atoms with van der Waals surface area (Å²) >= 11 is 0. The molecule has 0 bridgehead atoms. The van der Waals surface area contributed by atoms with Crippen molar-refractivity contribution in [2.75, 3.05) is 23.4 Å². The number of ether oxygens (including phenoxy) is 1. The molecule has 6 nitrogen and oxygen atoms in total. The van der Waals surface area contributed by atoms with E-state index in [-0.39, 0.29) is 24.4 Å². The third kappa shape index (κ3) is 4.78. The van der Waals surface area contributed by atoms with Gasteiger partial charge in [-0.15, -0.1) is 0 Å². The summed E-state index contributed by atoms with van der Waals surface area (Å²) in [5.74, 6) is 0.771. The van der Waals surface area contributed by atoms with Crippen LogP contribution in [0.15, 0.2) is 48.5 Å². The summed E-state index contributed by atoms with van der Waals surface area (Å²) in [6, 6.07) is 14.6. The Morgan fingerprint density at radius 2 is 1.81 bits per heavy atom. The fraction of sp³-hybridized carbons (Fsp3) is 0.333. The third-order valence-electron chi connectivity index (χ3n) is 4.54. The SMILES string of the molecule is CCOc1ccc(N2CC(NC(=O)Nc3ccc(CC)cc3)CC2=O)cc1. The molecule has 0 aromatic heterocycles. The van der Waals surface area contributed by atoms with E-state index in [1.165, 1.54) is 5.56 Å². The maximum Gasteiger partial charge on any atom is 0.319 e. The maximum atomic E-state index is 12.3. The van der Waals surface area contributed by atoms with Crippen LogP contribution < -0.4 is 20.3 Å². The molecule has 0 spiro atoms. The van der Waals surface area contributed by atoms with Gasteiger partial charge in [0.1, 0.15) is 5.75 Å². The largest absolute Gasteiger partial charge is 0.494 e.